The maximum atomic E-state index is 12.7. The normalized spacial score (nSPS) is 34.4. The monoisotopic (exact) mass is 462 g/mol. The van der Waals surface area contributed by atoms with Gasteiger partial charge in [-0.25, -0.2) is 0 Å². The van der Waals surface area contributed by atoms with E-state index in [-0.39, 0.29) is 41.7 Å². The van der Waals surface area contributed by atoms with Crippen LogP contribution in [-0.4, -0.2) is 39.8 Å². The van der Waals surface area contributed by atoms with Gasteiger partial charge in [0.2, 0.25) is 11.8 Å². The van der Waals surface area contributed by atoms with Gasteiger partial charge in [0, 0.05) is 17.9 Å². The molecule has 0 radical (unpaired) electrons. The summed E-state index contributed by atoms with van der Waals surface area (Å²) < 4.78 is 46.7. The predicted molar refractivity (Wildman–Crippen MR) is 106 cm³/mol. The van der Waals surface area contributed by atoms with Crippen LogP contribution in [0, 0.1) is 0 Å². The summed E-state index contributed by atoms with van der Waals surface area (Å²) in [5.74, 6) is 0.425. The Kier molecular flexibility index (Phi) is 4.39. The summed E-state index contributed by atoms with van der Waals surface area (Å²) in [6, 6.07) is 9.64. The third-order valence-electron chi connectivity index (χ3n) is 7.15. The van der Waals surface area contributed by atoms with E-state index in [4.69, 9.17) is 9.25 Å². The summed E-state index contributed by atoms with van der Waals surface area (Å²) in [6.45, 7) is 0. The van der Waals surface area contributed by atoms with E-state index in [1.165, 1.54) is 0 Å². The second kappa shape index (κ2) is 7.02. The van der Waals surface area contributed by atoms with Gasteiger partial charge in [-0.05, 0) is 37.7 Å². The third-order valence-corrected chi connectivity index (χ3v) is 7.15. The van der Waals surface area contributed by atoms with E-state index in [9.17, 15) is 18.0 Å². The smallest absolute Gasteiger partial charge is 0.424 e. The first-order valence-electron chi connectivity index (χ1n) is 10.9. The molecule has 1 aromatic heterocycles. The Bertz CT molecular complexity index is 1090. The van der Waals surface area contributed by atoms with E-state index in [1.54, 1.807) is 0 Å². The van der Waals surface area contributed by atoms with Crippen molar-refractivity contribution < 1.29 is 32.0 Å². The largest absolute Gasteiger partial charge is 0.522 e. The number of hydrogen-bond donors (Lipinski definition) is 1. The number of nitrogens with zero attached hydrogens (tertiary/aromatic N) is 3. The zero-order valence-corrected chi connectivity index (χ0v) is 17.5. The van der Waals surface area contributed by atoms with Crippen LogP contribution in [0.25, 0.3) is 0 Å². The van der Waals surface area contributed by atoms with Gasteiger partial charge in [0.1, 0.15) is 5.71 Å². The van der Waals surface area contributed by atoms with Gasteiger partial charge in [0.15, 0.2) is 6.10 Å². The molecule has 1 atom stereocenters. The van der Waals surface area contributed by atoms with Crippen LogP contribution >= 0.6 is 0 Å². The number of hydrogen-bond acceptors (Lipinski definition) is 7. The Hall–Kier alpha value is -2.95. The Morgan fingerprint density at radius 1 is 1.12 bits per heavy atom. The van der Waals surface area contributed by atoms with Gasteiger partial charge in [-0.15, -0.1) is 23.4 Å². The molecule has 4 saturated carbocycles. The van der Waals surface area contributed by atoms with Crippen LogP contribution in [0.15, 0.2) is 39.9 Å². The summed E-state index contributed by atoms with van der Waals surface area (Å²) in [7, 11) is 0. The van der Waals surface area contributed by atoms with Gasteiger partial charge >= 0.3 is 6.36 Å². The summed E-state index contributed by atoms with van der Waals surface area (Å²) in [4.78, 5) is 18.1. The number of oxime groups is 1. The van der Waals surface area contributed by atoms with Crippen LogP contribution in [0.1, 0.15) is 67.9 Å². The molecule has 11 heteroatoms. The zero-order valence-electron chi connectivity index (χ0n) is 17.5. The fourth-order valence-corrected chi connectivity index (χ4v) is 5.48. The number of rotatable bonds is 6. The summed E-state index contributed by atoms with van der Waals surface area (Å²) in [6.07, 6.45) is -2.83. The average molecular weight is 462 g/mol. The van der Waals surface area contributed by atoms with E-state index >= 15 is 0 Å². The molecule has 4 aliphatic carbocycles. The Morgan fingerprint density at radius 2 is 1.85 bits per heavy atom. The third kappa shape index (κ3) is 3.58. The van der Waals surface area contributed by atoms with Crippen LogP contribution in [0.5, 0.6) is 0 Å². The number of alkyl halides is 3. The van der Waals surface area contributed by atoms with Crippen LogP contribution in [0.2, 0.25) is 0 Å². The molecule has 2 heterocycles. The zero-order chi connectivity index (χ0) is 22.8. The number of nitrogens with one attached hydrogen (secondary N) is 1. The van der Waals surface area contributed by atoms with Gasteiger partial charge in [-0.2, -0.15) is 0 Å². The van der Waals surface area contributed by atoms with E-state index in [1.807, 2.05) is 30.3 Å². The SMILES string of the molecule is O=C(NC12CC(c3nnc(C4CC(OC(F)(F)F)C4)o3)(C1)C2)C1=NO[C@H](c2ccccc2)C1. The van der Waals surface area contributed by atoms with Gasteiger partial charge in [0.05, 0.1) is 11.5 Å². The summed E-state index contributed by atoms with van der Waals surface area (Å²) >= 11 is 0. The number of amides is 1. The number of ether oxygens (including phenoxy) is 1. The highest BCUT2D eigenvalue weighted by Crippen LogP contribution is 2.67. The molecule has 1 aromatic carbocycles. The molecule has 5 aliphatic rings. The van der Waals surface area contributed by atoms with E-state index in [0.717, 1.165) is 5.56 Å². The van der Waals surface area contributed by atoms with E-state index in [0.29, 0.717) is 43.2 Å². The highest BCUT2D eigenvalue weighted by atomic mass is 19.4. The molecule has 0 saturated heterocycles. The predicted octanol–water partition coefficient (Wildman–Crippen LogP) is 3.66. The van der Waals surface area contributed by atoms with Crippen molar-refractivity contribution >= 4 is 11.6 Å². The number of halogens is 3. The molecule has 1 amide bonds. The van der Waals surface area contributed by atoms with Gasteiger partial charge in [-0.1, -0.05) is 35.5 Å². The first kappa shape index (κ1) is 20.6. The van der Waals surface area contributed by atoms with Crippen molar-refractivity contribution in [1.82, 2.24) is 15.5 Å². The lowest BCUT2D eigenvalue weighted by Crippen LogP contribution is -2.77. The lowest BCUT2D eigenvalue weighted by atomic mass is 9.39. The van der Waals surface area contributed by atoms with E-state index in [2.05, 4.69) is 25.4 Å². The van der Waals surface area contributed by atoms with Crippen LogP contribution < -0.4 is 5.32 Å². The van der Waals surface area contributed by atoms with Gasteiger partial charge < -0.3 is 14.6 Å². The van der Waals surface area contributed by atoms with Crippen LogP contribution in [0.3, 0.4) is 0 Å². The molecule has 7 rings (SSSR count). The lowest BCUT2D eigenvalue weighted by molar-refractivity contribution is -0.352. The second-order valence-corrected chi connectivity index (χ2v) is 9.59. The van der Waals surface area contributed by atoms with Crippen molar-refractivity contribution in [3.63, 3.8) is 0 Å². The fraction of sp³-hybridized carbons (Fsp3) is 0.545. The van der Waals surface area contributed by atoms with Crippen LogP contribution in [0.4, 0.5) is 13.2 Å². The Balaban J connectivity index is 1.00. The van der Waals surface area contributed by atoms with Crippen LogP contribution in [-0.2, 0) is 19.8 Å². The van der Waals surface area contributed by atoms with Gasteiger partial charge in [0.25, 0.3) is 5.91 Å². The minimum absolute atomic E-state index is 0.211. The molecule has 0 spiro atoms. The number of aromatic nitrogens is 2. The van der Waals surface area contributed by atoms with Crippen molar-refractivity contribution in [3.05, 3.63) is 47.7 Å². The number of carbonyl (C=O) groups is 1. The number of carbonyl (C=O) groups excluding carboxylic acids is 1. The highest BCUT2D eigenvalue weighted by molar-refractivity contribution is 6.39. The maximum Gasteiger partial charge on any atom is 0.522 e. The molecule has 1 N–H and O–H groups in total. The second-order valence-electron chi connectivity index (χ2n) is 9.59. The molecule has 33 heavy (non-hydrogen) atoms. The molecule has 174 valence electrons. The lowest BCUT2D eigenvalue weighted by Gasteiger charge is -2.68. The molecule has 8 nitrogen and oxygen atoms in total. The Labute approximate surface area is 186 Å². The minimum Gasteiger partial charge on any atom is -0.424 e. The van der Waals surface area contributed by atoms with Gasteiger partial charge in [-0.3, -0.25) is 9.53 Å². The van der Waals surface area contributed by atoms with Crippen molar-refractivity contribution in [2.24, 2.45) is 5.16 Å². The highest BCUT2D eigenvalue weighted by Gasteiger charge is 2.72. The molecular formula is C22H21F3N4O4. The van der Waals surface area contributed by atoms with Crippen molar-refractivity contribution in [1.29, 1.82) is 0 Å². The molecular weight excluding hydrogens is 441 g/mol. The molecule has 1 aliphatic heterocycles. The Morgan fingerprint density at radius 3 is 2.55 bits per heavy atom. The molecule has 4 fully saturated rings. The first-order chi connectivity index (χ1) is 15.7. The molecule has 0 unspecified atom stereocenters. The topological polar surface area (TPSA) is 98.8 Å². The maximum absolute atomic E-state index is 12.7. The fourth-order valence-electron chi connectivity index (χ4n) is 5.48. The molecule has 2 aromatic rings. The standard InChI is InChI=1S/C22H21F3N4O4/c23-22(24,25)32-14-6-13(7-14)18-27-28-19(31-18)20-9-21(10-20,11-20)26-17(30)15-8-16(33-29-15)12-4-2-1-3-5-12/h1-5,13-14,16H,6-11H2,(H,26,30)/t13?,14?,16-,20?,21?/m0/s1. The van der Waals surface area contributed by atoms with Crippen molar-refractivity contribution in [2.45, 2.75) is 74.0 Å². The minimum atomic E-state index is -4.63. The summed E-state index contributed by atoms with van der Waals surface area (Å²) in [5, 5.41) is 15.3. The van der Waals surface area contributed by atoms with E-state index < -0.39 is 12.5 Å². The van der Waals surface area contributed by atoms with Crippen molar-refractivity contribution in [2.75, 3.05) is 0 Å². The summed E-state index contributed by atoms with van der Waals surface area (Å²) in [5.41, 5.74) is 0.790. The number of benzene rings is 1. The first-order valence-corrected chi connectivity index (χ1v) is 10.9. The van der Waals surface area contributed by atoms with Crippen molar-refractivity contribution in [3.8, 4) is 0 Å². The quantitative estimate of drug-likeness (QED) is 0.704. The molecule has 2 bridgehead atoms. The average Bonchev–Trinajstić information content (AvgIpc) is 3.36.